The summed E-state index contributed by atoms with van der Waals surface area (Å²) < 4.78 is 39.2. The van der Waals surface area contributed by atoms with Crippen LogP contribution in [-0.4, -0.2) is 42.0 Å². The van der Waals surface area contributed by atoms with Crippen LogP contribution in [0.25, 0.3) is 16.9 Å². The highest BCUT2D eigenvalue weighted by Crippen LogP contribution is 2.35. The third-order valence-electron chi connectivity index (χ3n) is 5.02. The highest BCUT2D eigenvalue weighted by atomic mass is 32.2. The predicted molar refractivity (Wildman–Crippen MR) is 111 cm³/mol. The maximum atomic E-state index is 13.9. The molecule has 0 saturated heterocycles. The van der Waals surface area contributed by atoms with Crippen LogP contribution in [0.15, 0.2) is 59.5 Å². The first-order valence-corrected chi connectivity index (χ1v) is 11.1. The minimum Gasteiger partial charge on any atom is -0.481 e. The smallest absolute Gasteiger partial charge is 0.311 e. The monoisotopic (exact) mass is 431 g/mol. The normalized spacial score (nSPS) is 12.7. The number of aromatic nitrogens is 1. The number of hydrogen-bond donors (Lipinski definition) is 2. The van der Waals surface area contributed by atoms with Gasteiger partial charge < -0.3 is 14.8 Å². The number of aliphatic hydroxyl groups is 1. The summed E-state index contributed by atoms with van der Waals surface area (Å²) in [5.41, 5.74) is 2.85. The molecular weight excluding hydrogens is 409 g/mol. The zero-order valence-electron chi connectivity index (χ0n) is 16.5. The summed E-state index contributed by atoms with van der Waals surface area (Å²) in [6.45, 7) is 1.45. The third-order valence-corrected chi connectivity index (χ3v) is 6.15. The first-order chi connectivity index (χ1) is 14.1. The van der Waals surface area contributed by atoms with Gasteiger partial charge in [0.05, 0.1) is 16.5 Å². The third kappa shape index (κ3) is 4.29. The number of sulfone groups is 1. The van der Waals surface area contributed by atoms with Crippen molar-refractivity contribution in [2.24, 2.45) is 0 Å². The van der Waals surface area contributed by atoms with Crippen LogP contribution in [-0.2, 0) is 14.6 Å². The van der Waals surface area contributed by atoms with Gasteiger partial charge in [-0.1, -0.05) is 18.2 Å². The lowest BCUT2D eigenvalue weighted by Gasteiger charge is -2.14. The second kappa shape index (κ2) is 8.41. The number of benzene rings is 2. The van der Waals surface area contributed by atoms with Crippen molar-refractivity contribution < 1.29 is 27.8 Å². The lowest BCUT2D eigenvalue weighted by atomic mass is 9.96. The van der Waals surface area contributed by atoms with Crippen molar-refractivity contribution in [3.63, 3.8) is 0 Å². The molecule has 0 bridgehead atoms. The first kappa shape index (κ1) is 21.7. The molecule has 1 atom stereocenters. The minimum atomic E-state index is -3.37. The molecular formula is C22H22FNO5S. The summed E-state index contributed by atoms with van der Waals surface area (Å²) in [6.07, 6.45) is 1.15. The molecule has 0 fully saturated rings. The van der Waals surface area contributed by atoms with E-state index in [9.17, 15) is 27.8 Å². The maximum absolute atomic E-state index is 13.9. The van der Waals surface area contributed by atoms with Gasteiger partial charge in [-0.25, -0.2) is 12.8 Å². The van der Waals surface area contributed by atoms with Crippen molar-refractivity contribution in [1.29, 1.82) is 0 Å². The Morgan fingerprint density at radius 3 is 2.33 bits per heavy atom. The van der Waals surface area contributed by atoms with Crippen LogP contribution < -0.4 is 0 Å². The molecule has 8 heteroatoms. The van der Waals surface area contributed by atoms with Gasteiger partial charge >= 0.3 is 5.97 Å². The highest BCUT2D eigenvalue weighted by Gasteiger charge is 2.26. The van der Waals surface area contributed by atoms with Crippen molar-refractivity contribution >= 4 is 15.8 Å². The second-order valence-electron chi connectivity index (χ2n) is 7.09. The van der Waals surface area contributed by atoms with E-state index in [2.05, 4.69) is 0 Å². The average molecular weight is 431 g/mol. The van der Waals surface area contributed by atoms with Crippen LogP contribution in [0.1, 0.15) is 23.6 Å². The summed E-state index contributed by atoms with van der Waals surface area (Å²) in [4.78, 5) is 12.0. The Kier molecular flexibility index (Phi) is 6.09. The summed E-state index contributed by atoms with van der Waals surface area (Å²) in [5, 5.41) is 19.0. The molecule has 30 heavy (non-hydrogen) atoms. The largest absolute Gasteiger partial charge is 0.481 e. The molecule has 0 aliphatic rings. The van der Waals surface area contributed by atoms with Gasteiger partial charge in [0, 0.05) is 24.2 Å². The standard InChI is InChI=1S/C22H22FNO5S/c1-14-20(19(10-11-25)22(26)27)13-21(24(14)17-5-3-4-16(23)12-17)15-6-8-18(9-7-15)30(2,28)29/h3-9,12-13,19,25H,10-11H2,1-2H3,(H,26,27). The Labute approximate surface area is 174 Å². The predicted octanol–water partition coefficient (Wildman–Crippen LogP) is 3.55. The van der Waals surface area contributed by atoms with E-state index in [1.165, 1.54) is 24.3 Å². The van der Waals surface area contributed by atoms with Gasteiger partial charge in [-0.2, -0.15) is 0 Å². The van der Waals surface area contributed by atoms with Crippen LogP contribution in [0.4, 0.5) is 4.39 Å². The summed E-state index contributed by atoms with van der Waals surface area (Å²) in [6, 6.07) is 13.8. The minimum absolute atomic E-state index is 0.0375. The van der Waals surface area contributed by atoms with Crippen molar-refractivity contribution in [2.45, 2.75) is 24.2 Å². The van der Waals surface area contributed by atoms with Gasteiger partial charge in [0.2, 0.25) is 0 Å². The molecule has 1 aromatic heterocycles. The fourth-order valence-electron chi connectivity index (χ4n) is 3.55. The quantitative estimate of drug-likeness (QED) is 0.596. The zero-order valence-corrected chi connectivity index (χ0v) is 17.4. The van der Waals surface area contributed by atoms with E-state index >= 15 is 0 Å². The molecule has 1 heterocycles. The number of carbonyl (C=O) groups is 1. The summed E-state index contributed by atoms with van der Waals surface area (Å²) in [5.74, 6) is -2.44. The SMILES string of the molecule is Cc1c(C(CCO)C(=O)O)cc(-c2ccc(S(C)(=O)=O)cc2)n1-c1cccc(F)c1. The second-order valence-corrected chi connectivity index (χ2v) is 9.10. The van der Waals surface area contributed by atoms with E-state index in [4.69, 9.17) is 0 Å². The molecule has 3 aromatic rings. The van der Waals surface area contributed by atoms with Crippen LogP contribution in [0.3, 0.4) is 0 Å². The van der Waals surface area contributed by atoms with E-state index in [1.54, 1.807) is 41.8 Å². The van der Waals surface area contributed by atoms with Gasteiger partial charge in [0.1, 0.15) is 5.82 Å². The van der Waals surface area contributed by atoms with Crippen LogP contribution >= 0.6 is 0 Å². The van der Waals surface area contributed by atoms with Crippen molar-refractivity contribution in [3.8, 4) is 16.9 Å². The summed E-state index contributed by atoms with van der Waals surface area (Å²) >= 11 is 0. The molecule has 158 valence electrons. The molecule has 0 amide bonds. The average Bonchev–Trinajstić information content (AvgIpc) is 3.02. The Hall–Kier alpha value is -2.97. The molecule has 2 aromatic carbocycles. The van der Waals surface area contributed by atoms with Crippen LogP contribution in [0.2, 0.25) is 0 Å². The van der Waals surface area contributed by atoms with E-state index in [-0.39, 0.29) is 17.9 Å². The van der Waals surface area contributed by atoms with E-state index in [0.29, 0.717) is 28.2 Å². The number of rotatable bonds is 7. The Balaban J connectivity index is 2.25. The molecule has 0 saturated carbocycles. The van der Waals surface area contributed by atoms with Crippen molar-refractivity contribution in [2.75, 3.05) is 12.9 Å². The molecule has 0 aliphatic carbocycles. The topological polar surface area (TPSA) is 96.6 Å². The highest BCUT2D eigenvalue weighted by molar-refractivity contribution is 7.90. The van der Waals surface area contributed by atoms with Gasteiger partial charge in [-0.05, 0) is 60.9 Å². The number of carboxylic acids is 1. The fraction of sp³-hybridized carbons (Fsp3) is 0.227. The Bertz CT molecular complexity index is 1180. The van der Waals surface area contributed by atoms with Gasteiger partial charge in [-0.3, -0.25) is 4.79 Å². The molecule has 6 nitrogen and oxygen atoms in total. The van der Waals surface area contributed by atoms with E-state index < -0.39 is 27.5 Å². The molecule has 0 radical (unpaired) electrons. The Morgan fingerprint density at radius 1 is 1.13 bits per heavy atom. The number of aliphatic hydroxyl groups excluding tert-OH is 1. The van der Waals surface area contributed by atoms with Crippen LogP contribution in [0.5, 0.6) is 0 Å². The molecule has 0 spiro atoms. The van der Waals surface area contributed by atoms with E-state index in [0.717, 1.165) is 6.26 Å². The maximum Gasteiger partial charge on any atom is 0.311 e. The lowest BCUT2D eigenvalue weighted by molar-refractivity contribution is -0.139. The van der Waals surface area contributed by atoms with E-state index in [1.807, 2.05) is 0 Å². The molecule has 3 rings (SSSR count). The van der Waals surface area contributed by atoms with Crippen LogP contribution in [0, 0.1) is 12.7 Å². The number of hydrogen-bond acceptors (Lipinski definition) is 4. The van der Waals surface area contributed by atoms with Crippen molar-refractivity contribution in [3.05, 3.63) is 71.7 Å². The number of nitrogens with zero attached hydrogens (tertiary/aromatic N) is 1. The number of aliphatic carboxylic acids is 1. The summed E-state index contributed by atoms with van der Waals surface area (Å²) in [7, 11) is -3.37. The van der Waals surface area contributed by atoms with Crippen molar-refractivity contribution in [1.82, 2.24) is 4.57 Å². The Morgan fingerprint density at radius 2 is 1.80 bits per heavy atom. The zero-order chi connectivity index (χ0) is 22.1. The van der Waals surface area contributed by atoms with Gasteiger partial charge in [0.25, 0.3) is 0 Å². The first-order valence-electron chi connectivity index (χ1n) is 9.26. The number of halogens is 1. The molecule has 0 aliphatic heterocycles. The van der Waals surface area contributed by atoms with Gasteiger partial charge in [-0.15, -0.1) is 0 Å². The van der Waals surface area contributed by atoms with Gasteiger partial charge in [0.15, 0.2) is 9.84 Å². The number of carboxylic acid groups (broad SMARTS) is 1. The molecule has 2 N–H and O–H groups in total. The molecule has 1 unspecified atom stereocenters. The fourth-order valence-corrected chi connectivity index (χ4v) is 4.18. The lowest BCUT2D eigenvalue weighted by Crippen LogP contribution is -2.14.